The number of hydrogen-bond acceptors (Lipinski definition) is 9. The molecule has 0 fully saturated rings. The monoisotopic (exact) mass is 479 g/mol. The number of amides is 1. The molecule has 6 rings (SSSR count). The fourth-order valence-corrected chi connectivity index (χ4v) is 4.46. The summed E-state index contributed by atoms with van der Waals surface area (Å²) in [4.78, 5) is 15.3. The molecule has 0 unspecified atom stereocenters. The van der Waals surface area contributed by atoms with Gasteiger partial charge in [-0.15, -0.1) is 5.10 Å². The SMILES string of the molecule is Nc1nonc1-n1nnc(C(=O)N/N=C\c2cccc3ccccc23)c1CN1CCc2ccccc21. The average Bonchev–Trinajstić information content (AvgIpc) is 3.63. The number of nitrogens with one attached hydrogen (secondary N) is 1. The molecule has 178 valence electrons. The first-order valence-electron chi connectivity index (χ1n) is 11.4. The number of para-hydroxylation sites is 1. The van der Waals surface area contributed by atoms with Crippen molar-refractivity contribution < 1.29 is 9.42 Å². The first kappa shape index (κ1) is 21.5. The van der Waals surface area contributed by atoms with Gasteiger partial charge in [0.1, 0.15) is 0 Å². The van der Waals surface area contributed by atoms with Gasteiger partial charge in [-0.05, 0) is 39.1 Å². The molecule has 36 heavy (non-hydrogen) atoms. The summed E-state index contributed by atoms with van der Waals surface area (Å²) in [7, 11) is 0. The second kappa shape index (κ2) is 8.95. The molecule has 5 aromatic rings. The summed E-state index contributed by atoms with van der Waals surface area (Å²) in [5, 5.41) is 22.0. The van der Waals surface area contributed by atoms with E-state index in [2.05, 4.69) is 48.2 Å². The molecule has 11 heteroatoms. The fraction of sp³-hybridized carbons (Fsp3) is 0.120. The number of rotatable bonds is 6. The van der Waals surface area contributed by atoms with Crippen LogP contribution in [0.1, 0.15) is 27.3 Å². The topological polar surface area (TPSA) is 140 Å². The van der Waals surface area contributed by atoms with Crippen LogP contribution in [0.15, 0.2) is 76.5 Å². The van der Waals surface area contributed by atoms with Gasteiger partial charge in [-0.2, -0.15) is 9.78 Å². The summed E-state index contributed by atoms with van der Waals surface area (Å²) in [6.45, 7) is 1.14. The minimum atomic E-state index is -0.504. The second-order valence-electron chi connectivity index (χ2n) is 8.34. The predicted molar refractivity (Wildman–Crippen MR) is 134 cm³/mol. The summed E-state index contributed by atoms with van der Waals surface area (Å²) >= 11 is 0. The van der Waals surface area contributed by atoms with Crippen LogP contribution in [-0.2, 0) is 13.0 Å². The third kappa shape index (κ3) is 3.82. The van der Waals surface area contributed by atoms with E-state index >= 15 is 0 Å². The molecular weight excluding hydrogens is 458 g/mol. The minimum absolute atomic E-state index is 0.0453. The van der Waals surface area contributed by atoms with Crippen molar-refractivity contribution in [1.29, 1.82) is 0 Å². The van der Waals surface area contributed by atoms with E-state index in [1.54, 1.807) is 6.21 Å². The summed E-state index contributed by atoms with van der Waals surface area (Å²) in [5.74, 6) is -0.289. The first-order chi connectivity index (χ1) is 17.7. The van der Waals surface area contributed by atoms with Crippen LogP contribution in [0.4, 0.5) is 11.5 Å². The van der Waals surface area contributed by atoms with Crippen LogP contribution in [0.2, 0.25) is 0 Å². The van der Waals surface area contributed by atoms with Gasteiger partial charge in [0.05, 0.1) is 18.5 Å². The molecule has 0 spiro atoms. The Morgan fingerprint density at radius 2 is 1.92 bits per heavy atom. The number of nitrogens with two attached hydrogens (primary N) is 1. The van der Waals surface area contributed by atoms with E-state index in [4.69, 9.17) is 10.4 Å². The van der Waals surface area contributed by atoms with Crippen molar-refractivity contribution in [3.05, 3.63) is 89.2 Å². The van der Waals surface area contributed by atoms with Gasteiger partial charge >= 0.3 is 0 Å². The van der Waals surface area contributed by atoms with Crippen LogP contribution < -0.4 is 16.1 Å². The third-order valence-corrected chi connectivity index (χ3v) is 6.19. The van der Waals surface area contributed by atoms with E-state index in [0.717, 1.165) is 35.0 Å². The maximum Gasteiger partial charge on any atom is 0.293 e. The lowest BCUT2D eigenvalue weighted by atomic mass is 10.1. The van der Waals surface area contributed by atoms with E-state index in [9.17, 15) is 4.79 Å². The van der Waals surface area contributed by atoms with Gasteiger partial charge in [-0.3, -0.25) is 4.79 Å². The van der Waals surface area contributed by atoms with E-state index in [-0.39, 0.29) is 17.3 Å². The van der Waals surface area contributed by atoms with Crippen LogP contribution >= 0.6 is 0 Å². The van der Waals surface area contributed by atoms with Crippen molar-refractivity contribution in [2.45, 2.75) is 13.0 Å². The highest BCUT2D eigenvalue weighted by Crippen LogP contribution is 2.30. The van der Waals surface area contributed by atoms with Gasteiger partial charge in [0.25, 0.3) is 5.91 Å². The predicted octanol–water partition coefficient (Wildman–Crippen LogP) is 2.71. The largest absolute Gasteiger partial charge is 0.378 e. The number of carbonyl (C=O) groups is 1. The maximum absolute atomic E-state index is 13.2. The number of nitrogen functional groups attached to an aromatic ring is 1. The standard InChI is InChI=1S/C25H21N9O2/c26-23-24(31-36-30-23)34-21(15-33-13-12-17-7-2-4-11-20(17)33)22(28-32-34)25(35)29-27-14-18-9-5-8-16-6-1-3-10-19(16)18/h1-11,14H,12-13,15H2,(H2,26,30)(H,29,35)/b27-14-. The second-order valence-corrected chi connectivity index (χ2v) is 8.34. The summed E-state index contributed by atoms with van der Waals surface area (Å²) in [6.07, 6.45) is 2.52. The van der Waals surface area contributed by atoms with Crippen LogP contribution in [-0.4, -0.2) is 44.0 Å². The van der Waals surface area contributed by atoms with Gasteiger partial charge in [0.15, 0.2) is 5.69 Å². The molecule has 2 aromatic heterocycles. The molecule has 3 aromatic carbocycles. The number of hydrogen-bond donors (Lipinski definition) is 2. The van der Waals surface area contributed by atoms with E-state index in [1.807, 2.05) is 54.6 Å². The Morgan fingerprint density at radius 3 is 2.81 bits per heavy atom. The number of fused-ring (bicyclic) bond motifs is 2. The smallest absolute Gasteiger partial charge is 0.293 e. The minimum Gasteiger partial charge on any atom is -0.378 e. The number of benzene rings is 3. The zero-order valence-corrected chi connectivity index (χ0v) is 19.1. The summed E-state index contributed by atoms with van der Waals surface area (Å²) in [6, 6.07) is 22.0. The normalized spacial score (nSPS) is 12.9. The molecule has 11 nitrogen and oxygen atoms in total. The van der Waals surface area contributed by atoms with E-state index < -0.39 is 5.91 Å². The molecule has 3 heterocycles. The van der Waals surface area contributed by atoms with Gasteiger partial charge < -0.3 is 10.6 Å². The average molecular weight is 480 g/mol. The summed E-state index contributed by atoms with van der Waals surface area (Å²) in [5.41, 5.74) is 12.3. The number of carbonyl (C=O) groups excluding carboxylic acids is 1. The van der Waals surface area contributed by atoms with E-state index in [1.165, 1.54) is 10.2 Å². The number of hydrazone groups is 1. The highest BCUT2D eigenvalue weighted by molar-refractivity contribution is 6.00. The Kier molecular flexibility index (Phi) is 5.34. The quantitative estimate of drug-likeness (QED) is 0.280. The molecular formula is C25H21N9O2. The molecule has 3 N–H and O–H groups in total. The lowest BCUT2D eigenvalue weighted by molar-refractivity contribution is 0.0949. The van der Waals surface area contributed by atoms with Gasteiger partial charge in [-0.25, -0.2) is 10.1 Å². The lowest BCUT2D eigenvalue weighted by Crippen LogP contribution is -2.26. The van der Waals surface area contributed by atoms with Gasteiger partial charge in [0.2, 0.25) is 11.6 Å². The van der Waals surface area contributed by atoms with Crippen molar-refractivity contribution >= 4 is 34.4 Å². The Balaban J connectivity index is 1.30. The highest BCUT2D eigenvalue weighted by Gasteiger charge is 2.28. The molecule has 1 aliphatic rings. The van der Waals surface area contributed by atoms with Crippen LogP contribution in [0, 0.1) is 0 Å². The third-order valence-electron chi connectivity index (χ3n) is 6.19. The number of nitrogens with zero attached hydrogens (tertiary/aromatic N) is 7. The van der Waals surface area contributed by atoms with Crippen molar-refractivity contribution in [3.63, 3.8) is 0 Å². The molecule has 0 saturated heterocycles. The molecule has 1 amide bonds. The molecule has 1 aliphatic heterocycles. The zero-order chi connectivity index (χ0) is 24.5. The van der Waals surface area contributed by atoms with Crippen LogP contribution in [0.5, 0.6) is 0 Å². The van der Waals surface area contributed by atoms with Crippen molar-refractivity contribution in [3.8, 4) is 5.82 Å². The Morgan fingerprint density at radius 1 is 1.08 bits per heavy atom. The van der Waals surface area contributed by atoms with Crippen LogP contribution in [0.3, 0.4) is 0 Å². The molecule has 0 saturated carbocycles. The van der Waals surface area contributed by atoms with Gasteiger partial charge in [-0.1, -0.05) is 65.9 Å². The number of aromatic nitrogens is 5. The highest BCUT2D eigenvalue weighted by atomic mass is 16.6. The zero-order valence-electron chi connectivity index (χ0n) is 19.1. The maximum atomic E-state index is 13.2. The van der Waals surface area contributed by atoms with Crippen molar-refractivity contribution in [2.75, 3.05) is 17.2 Å². The van der Waals surface area contributed by atoms with Crippen molar-refractivity contribution in [1.82, 2.24) is 30.7 Å². The first-order valence-corrected chi connectivity index (χ1v) is 11.4. The number of anilines is 2. The molecule has 0 radical (unpaired) electrons. The lowest BCUT2D eigenvalue weighted by Gasteiger charge is -2.19. The molecule has 0 aliphatic carbocycles. The Labute approximate surface area is 205 Å². The van der Waals surface area contributed by atoms with E-state index in [0.29, 0.717) is 12.2 Å². The Bertz CT molecular complexity index is 1600. The summed E-state index contributed by atoms with van der Waals surface area (Å²) < 4.78 is 6.13. The molecule has 0 atom stereocenters. The van der Waals surface area contributed by atoms with Crippen molar-refractivity contribution in [2.24, 2.45) is 5.10 Å². The Hall–Kier alpha value is -5.06. The fourth-order valence-electron chi connectivity index (χ4n) is 4.46. The molecule has 0 bridgehead atoms. The van der Waals surface area contributed by atoms with Crippen LogP contribution in [0.25, 0.3) is 16.6 Å². The van der Waals surface area contributed by atoms with Gasteiger partial charge in [0, 0.05) is 17.8 Å².